The Hall–Kier alpha value is -2.91. The lowest BCUT2D eigenvalue weighted by atomic mass is 10.1. The molecule has 5 aromatic rings. The highest BCUT2D eigenvalue weighted by molar-refractivity contribution is 14.1. The second-order valence-corrected chi connectivity index (χ2v) is 9.85. The summed E-state index contributed by atoms with van der Waals surface area (Å²) in [5.74, 6) is 1.38. The smallest absolute Gasteiger partial charge is 0.274 e. The van der Waals surface area contributed by atoms with E-state index in [4.69, 9.17) is 9.47 Å². The first-order valence-electron chi connectivity index (χ1n) is 10.6. The van der Waals surface area contributed by atoms with Crippen LogP contribution in [0.4, 0.5) is 0 Å². The van der Waals surface area contributed by atoms with E-state index in [9.17, 15) is 4.79 Å². The molecule has 2 heterocycles. The fourth-order valence-electron chi connectivity index (χ4n) is 3.80. The third kappa shape index (κ3) is 4.35. The zero-order valence-electron chi connectivity index (χ0n) is 18.2. The topological polar surface area (TPSA) is 52.8 Å². The molecule has 5 rings (SSSR count). The summed E-state index contributed by atoms with van der Waals surface area (Å²) in [6.45, 7) is 4.99. The summed E-state index contributed by atoms with van der Waals surface area (Å²) in [6.07, 6.45) is 1.89. The molecule has 0 atom stereocenters. The number of benzene rings is 3. The molecule has 0 N–H and O–H groups in total. The van der Waals surface area contributed by atoms with Crippen molar-refractivity contribution in [2.45, 2.75) is 20.5 Å². The highest BCUT2D eigenvalue weighted by Gasteiger charge is 2.14. The summed E-state index contributed by atoms with van der Waals surface area (Å²) in [4.78, 5) is 18.4. The zero-order valence-corrected chi connectivity index (χ0v) is 21.1. The van der Waals surface area contributed by atoms with E-state index in [1.165, 1.54) is 16.9 Å². The van der Waals surface area contributed by atoms with Gasteiger partial charge in [-0.3, -0.25) is 4.79 Å². The van der Waals surface area contributed by atoms with Gasteiger partial charge in [0.1, 0.15) is 6.61 Å². The van der Waals surface area contributed by atoms with Crippen molar-refractivity contribution in [2.75, 3.05) is 6.61 Å². The van der Waals surface area contributed by atoms with Gasteiger partial charge in [-0.05, 0) is 77.9 Å². The molecule has 7 heteroatoms. The quantitative estimate of drug-likeness (QED) is 0.260. The number of aryl methyl sites for hydroxylation is 1. The largest absolute Gasteiger partial charge is 0.490 e. The molecule has 0 fully saturated rings. The second-order valence-electron chi connectivity index (χ2n) is 7.68. The van der Waals surface area contributed by atoms with E-state index in [2.05, 4.69) is 52.7 Å². The van der Waals surface area contributed by atoms with Crippen molar-refractivity contribution in [2.24, 2.45) is 0 Å². The maximum absolute atomic E-state index is 13.1. The Balaban J connectivity index is 1.53. The number of hydrogen-bond donors (Lipinski definition) is 0. The van der Waals surface area contributed by atoms with E-state index in [-0.39, 0.29) is 5.56 Å². The number of halogens is 1. The minimum absolute atomic E-state index is 0.0588. The number of thiazole rings is 1. The lowest BCUT2D eigenvalue weighted by Gasteiger charge is -2.15. The summed E-state index contributed by atoms with van der Waals surface area (Å²) >= 11 is 3.65. The molecule has 0 aliphatic carbocycles. The van der Waals surface area contributed by atoms with Crippen molar-refractivity contribution in [1.29, 1.82) is 0 Å². The molecule has 2 aromatic heterocycles. The number of rotatable bonds is 6. The van der Waals surface area contributed by atoms with Crippen molar-refractivity contribution in [3.63, 3.8) is 0 Å². The van der Waals surface area contributed by atoms with Gasteiger partial charge in [0.2, 0.25) is 0 Å². The van der Waals surface area contributed by atoms with Crippen LogP contribution in [0.5, 0.6) is 11.5 Å². The standard InChI is InChI=1S/C26H21IN2O3S/c1-3-31-22-13-18(12-19(27)24(22)32-15-17-8-6-7-16(2)11-17)14-23-25(30)29-21-10-5-4-9-20(21)28-26(29)33-23/h4-14H,3,15H2,1-2H3/b23-14-. The number of aromatic nitrogens is 2. The SMILES string of the molecule is CCOc1cc(/C=c2\sc3nc4ccccc4n3c2=O)cc(I)c1OCc1cccc(C)c1. The molecule has 5 nitrogen and oxygen atoms in total. The van der Waals surface area contributed by atoms with E-state index in [0.29, 0.717) is 34.2 Å². The summed E-state index contributed by atoms with van der Waals surface area (Å²) in [6, 6.07) is 19.9. The molecule has 166 valence electrons. The highest BCUT2D eigenvalue weighted by atomic mass is 127. The average molecular weight is 568 g/mol. The van der Waals surface area contributed by atoms with Gasteiger partial charge in [-0.15, -0.1) is 0 Å². The molecular weight excluding hydrogens is 547 g/mol. The van der Waals surface area contributed by atoms with Crippen LogP contribution in [0, 0.1) is 10.5 Å². The summed E-state index contributed by atoms with van der Waals surface area (Å²) in [5, 5.41) is 0. The minimum Gasteiger partial charge on any atom is -0.490 e. The van der Waals surface area contributed by atoms with Crippen molar-refractivity contribution in [1.82, 2.24) is 9.38 Å². The van der Waals surface area contributed by atoms with E-state index in [0.717, 1.165) is 25.7 Å². The normalized spacial score (nSPS) is 12.0. The van der Waals surface area contributed by atoms with Crippen LogP contribution >= 0.6 is 33.9 Å². The van der Waals surface area contributed by atoms with Crippen LogP contribution < -0.4 is 19.6 Å². The van der Waals surface area contributed by atoms with Crippen LogP contribution in [0.25, 0.3) is 22.1 Å². The highest BCUT2D eigenvalue weighted by Crippen LogP contribution is 2.35. The van der Waals surface area contributed by atoms with Gasteiger partial charge in [0.05, 0.1) is 25.7 Å². The number of para-hydroxylation sites is 2. The van der Waals surface area contributed by atoms with Crippen LogP contribution in [-0.4, -0.2) is 16.0 Å². The first-order valence-corrected chi connectivity index (χ1v) is 12.5. The molecule has 0 amide bonds. The van der Waals surface area contributed by atoms with Crippen molar-refractivity contribution >= 4 is 56.0 Å². The number of imidazole rings is 1. The van der Waals surface area contributed by atoms with E-state index >= 15 is 0 Å². The van der Waals surface area contributed by atoms with Gasteiger partial charge < -0.3 is 9.47 Å². The Labute approximate surface area is 208 Å². The van der Waals surface area contributed by atoms with Gasteiger partial charge in [0.15, 0.2) is 16.5 Å². The van der Waals surface area contributed by atoms with Gasteiger partial charge in [-0.1, -0.05) is 53.3 Å². The van der Waals surface area contributed by atoms with Gasteiger partial charge in [-0.2, -0.15) is 0 Å². The van der Waals surface area contributed by atoms with Gasteiger partial charge in [0, 0.05) is 0 Å². The lowest BCUT2D eigenvalue weighted by molar-refractivity contribution is 0.267. The minimum atomic E-state index is -0.0588. The Morgan fingerprint density at radius 3 is 2.76 bits per heavy atom. The summed E-state index contributed by atoms with van der Waals surface area (Å²) in [5.41, 5.74) is 4.79. The fourth-order valence-corrected chi connectivity index (χ4v) is 5.56. The maximum atomic E-state index is 13.1. The monoisotopic (exact) mass is 568 g/mol. The molecule has 0 saturated heterocycles. The first-order chi connectivity index (χ1) is 16.0. The Morgan fingerprint density at radius 1 is 1.09 bits per heavy atom. The van der Waals surface area contributed by atoms with Crippen LogP contribution in [0.15, 0.2) is 65.5 Å². The number of fused-ring (bicyclic) bond motifs is 3. The predicted octanol–water partition coefficient (Wildman–Crippen LogP) is 5.35. The molecule has 0 aliphatic heterocycles. The average Bonchev–Trinajstić information content (AvgIpc) is 3.29. The Morgan fingerprint density at radius 2 is 1.94 bits per heavy atom. The molecule has 0 spiro atoms. The van der Waals surface area contributed by atoms with E-state index < -0.39 is 0 Å². The van der Waals surface area contributed by atoms with Crippen LogP contribution in [0.1, 0.15) is 23.6 Å². The van der Waals surface area contributed by atoms with Gasteiger partial charge >= 0.3 is 0 Å². The van der Waals surface area contributed by atoms with Gasteiger partial charge in [0.25, 0.3) is 5.56 Å². The Kier molecular flexibility index (Phi) is 6.07. The number of ether oxygens (including phenoxy) is 2. The molecule has 0 saturated carbocycles. The van der Waals surface area contributed by atoms with Crippen LogP contribution in [0.3, 0.4) is 0 Å². The lowest BCUT2D eigenvalue weighted by Crippen LogP contribution is -2.22. The molecule has 3 aromatic carbocycles. The predicted molar refractivity (Wildman–Crippen MR) is 141 cm³/mol. The molecule has 0 radical (unpaired) electrons. The Bertz CT molecular complexity index is 1590. The van der Waals surface area contributed by atoms with Crippen LogP contribution in [0.2, 0.25) is 0 Å². The summed E-state index contributed by atoms with van der Waals surface area (Å²) < 4.78 is 15.3. The van der Waals surface area contributed by atoms with Crippen LogP contribution in [-0.2, 0) is 6.61 Å². The van der Waals surface area contributed by atoms with E-state index in [1.807, 2.05) is 55.5 Å². The second kappa shape index (κ2) is 9.15. The third-order valence-corrected chi connectivity index (χ3v) is 7.01. The number of nitrogens with zero attached hydrogens (tertiary/aromatic N) is 2. The number of hydrogen-bond acceptors (Lipinski definition) is 5. The third-order valence-electron chi connectivity index (χ3n) is 5.24. The maximum Gasteiger partial charge on any atom is 0.274 e. The molecule has 0 aliphatic rings. The van der Waals surface area contributed by atoms with Crippen molar-refractivity contribution in [3.8, 4) is 11.5 Å². The summed E-state index contributed by atoms with van der Waals surface area (Å²) in [7, 11) is 0. The van der Waals surface area contributed by atoms with Gasteiger partial charge in [-0.25, -0.2) is 9.38 Å². The van der Waals surface area contributed by atoms with E-state index in [1.54, 1.807) is 4.40 Å². The molecule has 0 bridgehead atoms. The first kappa shape index (κ1) is 21.9. The molecular formula is C26H21IN2O3S. The zero-order chi connectivity index (χ0) is 22.9. The van der Waals surface area contributed by atoms with Crippen molar-refractivity contribution in [3.05, 3.63) is 95.8 Å². The molecule has 33 heavy (non-hydrogen) atoms. The van der Waals surface area contributed by atoms with Crippen molar-refractivity contribution < 1.29 is 9.47 Å². The molecule has 0 unspecified atom stereocenters. The fraction of sp³-hybridized carbons (Fsp3) is 0.154.